The van der Waals surface area contributed by atoms with Crippen molar-refractivity contribution in [2.75, 3.05) is 20.8 Å². The van der Waals surface area contributed by atoms with Gasteiger partial charge in [0.2, 0.25) is 10.0 Å². The topological polar surface area (TPSA) is 84.9 Å². The van der Waals surface area contributed by atoms with Crippen LogP contribution in [-0.2, 0) is 10.0 Å². The Morgan fingerprint density at radius 3 is 2.52 bits per heavy atom. The van der Waals surface area contributed by atoms with Crippen molar-refractivity contribution in [1.82, 2.24) is 9.62 Å². The summed E-state index contributed by atoms with van der Waals surface area (Å²) in [6.45, 7) is 2.44. The third kappa shape index (κ3) is 4.41. The normalized spacial score (nSPS) is 18.8. The zero-order valence-corrected chi connectivity index (χ0v) is 18.9. The Morgan fingerprint density at radius 2 is 1.84 bits per heavy atom. The molecule has 1 aliphatic heterocycles. The number of benzene rings is 2. The molecule has 1 saturated heterocycles. The summed E-state index contributed by atoms with van der Waals surface area (Å²) in [5, 5.41) is 0. The highest BCUT2D eigenvalue weighted by Gasteiger charge is 2.34. The molecule has 2 fully saturated rings. The van der Waals surface area contributed by atoms with Crippen LogP contribution in [0.25, 0.3) is 0 Å². The molecule has 4 rings (SSSR count). The monoisotopic (exact) mass is 444 g/mol. The minimum absolute atomic E-state index is 0.0101. The highest BCUT2D eigenvalue weighted by molar-refractivity contribution is 7.89. The van der Waals surface area contributed by atoms with Crippen molar-refractivity contribution < 1.29 is 22.7 Å². The van der Waals surface area contributed by atoms with Crippen molar-refractivity contribution in [2.45, 2.75) is 49.6 Å². The molecule has 7 nitrogen and oxygen atoms in total. The van der Waals surface area contributed by atoms with Crippen molar-refractivity contribution >= 4 is 15.9 Å². The molecule has 1 heterocycles. The van der Waals surface area contributed by atoms with Crippen LogP contribution in [0.4, 0.5) is 0 Å². The van der Waals surface area contributed by atoms with Gasteiger partial charge in [0.05, 0.1) is 25.2 Å². The van der Waals surface area contributed by atoms with Gasteiger partial charge in [0.25, 0.3) is 5.91 Å². The van der Waals surface area contributed by atoms with Gasteiger partial charge in [-0.25, -0.2) is 13.1 Å². The molecule has 0 bridgehead atoms. The van der Waals surface area contributed by atoms with E-state index in [9.17, 15) is 13.2 Å². The number of methoxy groups -OCH3 is 2. The third-order valence-electron chi connectivity index (χ3n) is 5.96. The average Bonchev–Trinajstić information content (AvgIpc) is 3.43. The van der Waals surface area contributed by atoms with E-state index >= 15 is 0 Å². The van der Waals surface area contributed by atoms with Crippen molar-refractivity contribution in [2.24, 2.45) is 0 Å². The van der Waals surface area contributed by atoms with Gasteiger partial charge >= 0.3 is 0 Å². The Morgan fingerprint density at radius 1 is 1.06 bits per heavy atom. The largest absolute Gasteiger partial charge is 0.497 e. The summed E-state index contributed by atoms with van der Waals surface area (Å²) in [6, 6.07) is 10.2. The van der Waals surface area contributed by atoms with Gasteiger partial charge in [-0.15, -0.1) is 0 Å². The molecule has 1 aliphatic carbocycles. The maximum Gasteiger partial charge on any atom is 0.254 e. The van der Waals surface area contributed by atoms with E-state index in [1.54, 1.807) is 26.4 Å². The Kier molecular flexibility index (Phi) is 5.94. The summed E-state index contributed by atoms with van der Waals surface area (Å²) in [4.78, 5) is 15.5. The molecule has 2 aliphatic rings. The molecule has 1 amide bonds. The molecule has 8 heteroatoms. The van der Waals surface area contributed by atoms with Crippen LogP contribution in [0.3, 0.4) is 0 Å². The molecule has 166 valence electrons. The first-order valence-corrected chi connectivity index (χ1v) is 12.0. The number of hydrogen-bond donors (Lipinski definition) is 1. The van der Waals surface area contributed by atoms with Crippen LogP contribution in [0, 0.1) is 6.92 Å². The molecule has 1 atom stereocenters. The number of ether oxygens (including phenoxy) is 2. The van der Waals surface area contributed by atoms with E-state index in [4.69, 9.17) is 9.47 Å². The fourth-order valence-electron chi connectivity index (χ4n) is 4.07. The lowest BCUT2D eigenvalue weighted by molar-refractivity contribution is 0.0733. The van der Waals surface area contributed by atoms with Crippen molar-refractivity contribution in [1.29, 1.82) is 0 Å². The van der Waals surface area contributed by atoms with E-state index in [1.807, 2.05) is 30.0 Å². The van der Waals surface area contributed by atoms with Crippen LogP contribution in [-0.4, -0.2) is 46.0 Å². The Hall–Kier alpha value is -2.58. The Labute approximate surface area is 183 Å². The molecule has 0 aromatic heterocycles. The van der Waals surface area contributed by atoms with Gasteiger partial charge in [-0.05, 0) is 62.4 Å². The van der Waals surface area contributed by atoms with E-state index in [2.05, 4.69) is 4.72 Å². The molecule has 1 N–H and O–H groups in total. The fourth-order valence-corrected chi connectivity index (χ4v) is 5.40. The molecule has 31 heavy (non-hydrogen) atoms. The van der Waals surface area contributed by atoms with Crippen molar-refractivity contribution in [3.8, 4) is 11.5 Å². The first-order chi connectivity index (χ1) is 14.8. The van der Waals surface area contributed by atoms with Crippen LogP contribution >= 0.6 is 0 Å². The minimum atomic E-state index is -3.63. The van der Waals surface area contributed by atoms with Gasteiger partial charge < -0.3 is 14.4 Å². The summed E-state index contributed by atoms with van der Waals surface area (Å²) in [6.07, 6.45) is 3.40. The van der Waals surface area contributed by atoms with Gasteiger partial charge in [-0.2, -0.15) is 0 Å². The molecule has 0 radical (unpaired) electrons. The van der Waals surface area contributed by atoms with E-state index < -0.39 is 10.0 Å². The van der Waals surface area contributed by atoms with Crippen molar-refractivity contribution in [3.05, 3.63) is 53.1 Å². The second-order valence-electron chi connectivity index (χ2n) is 8.14. The lowest BCUT2D eigenvalue weighted by atomic mass is 10.0. The van der Waals surface area contributed by atoms with Crippen LogP contribution in [0.5, 0.6) is 11.5 Å². The maximum atomic E-state index is 13.5. The predicted molar refractivity (Wildman–Crippen MR) is 117 cm³/mol. The highest BCUT2D eigenvalue weighted by Crippen LogP contribution is 2.39. The zero-order valence-electron chi connectivity index (χ0n) is 18.1. The zero-order chi connectivity index (χ0) is 22.2. The van der Waals surface area contributed by atoms with Gasteiger partial charge in [-0.3, -0.25) is 4.79 Å². The smallest absolute Gasteiger partial charge is 0.254 e. The number of sulfonamides is 1. The molecular formula is C23H28N2O5S. The van der Waals surface area contributed by atoms with Crippen molar-refractivity contribution in [3.63, 3.8) is 0 Å². The first kappa shape index (κ1) is 21.6. The number of likely N-dealkylation sites (tertiary alicyclic amines) is 1. The van der Waals surface area contributed by atoms with Crippen LogP contribution in [0.15, 0.2) is 41.3 Å². The first-order valence-electron chi connectivity index (χ1n) is 10.5. The maximum absolute atomic E-state index is 13.5. The molecular weight excluding hydrogens is 416 g/mol. The van der Waals surface area contributed by atoms with Gasteiger partial charge in [-0.1, -0.05) is 6.07 Å². The predicted octanol–water partition coefficient (Wildman–Crippen LogP) is 3.43. The summed E-state index contributed by atoms with van der Waals surface area (Å²) in [5.74, 6) is 1.19. The molecule has 2 aromatic carbocycles. The number of amides is 1. The Bertz CT molecular complexity index is 1100. The summed E-state index contributed by atoms with van der Waals surface area (Å²) in [7, 11) is -0.431. The number of rotatable bonds is 7. The lowest BCUT2D eigenvalue weighted by Crippen LogP contribution is -2.32. The molecule has 0 spiro atoms. The van der Waals surface area contributed by atoms with Gasteiger partial charge in [0, 0.05) is 29.8 Å². The molecule has 2 aromatic rings. The lowest BCUT2D eigenvalue weighted by Gasteiger charge is -2.27. The average molecular weight is 445 g/mol. The standard InChI is InChI=1S/C23H28N2O5S/c1-15-6-10-18(31(27,28)24-16-7-8-16)14-20(15)23(26)25-12-4-5-21(25)19-11-9-17(29-2)13-22(19)30-3/h6,9-11,13-14,16,21,24H,4-5,7-8,12H2,1-3H3. The van der Waals surface area contributed by atoms with Crippen LogP contribution in [0.2, 0.25) is 0 Å². The summed E-state index contributed by atoms with van der Waals surface area (Å²) < 4.78 is 38.8. The van der Waals surface area contributed by atoms with E-state index in [0.29, 0.717) is 23.6 Å². The Balaban J connectivity index is 1.65. The quantitative estimate of drug-likeness (QED) is 0.707. The fraction of sp³-hybridized carbons (Fsp3) is 0.435. The number of carbonyl (C=O) groups is 1. The summed E-state index contributed by atoms with van der Waals surface area (Å²) in [5.41, 5.74) is 2.09. The van der Waals surface area contributed by atoms with Crippen LogP contribution < -0.4 is 14.2 Å². The van der Waals surface area contributed by atoms with Gasteiger partial charge in [0.15, 0.2) is 0 Å². The number of nitrogens with one attached hydrogen (secondary N) is 1. The van der Waals surface area contributed by atoms with Crippen LogP contribution in [0.1, 0.15) is 53.2 Å². The minimum Gasteiger partial charge on any atom is -0.497 e. The van der Waals surface area contributed by atoms with E-state index in [1.165, 1.54) is 6.07 Å². The third-order valence-corrected chi connectivity index (χ3v) is 7.48. The number of hydrogen-bond acceptors (Lipinski definition) is 5. The second kappa shape index (κ2) is 8.51. The number of carbonyl (C=O) groups excluding carboxylic acids is 1. The van der Waals surface area contributed by atoms with E-state index in [-0.39, 0.29) is 22.9 Å². The van der Waals surface area contributed by atoms with Gasteiger partial charge in [0.1, 0.15) is 11.5 Å². The number of aryl methyl sites for hydroxylation is 1. The van der Waals surface area contributed by atoms with E-state index in [0.717, 1.165) is 36.8 Å². The second-order valence-corrected chi connectivity index (χ2v) is 9.85. The summed E-state index contributed by atoms with van der Waals surface area (Å²) >= 11 is 0. The number of nitrogens with zero attached hydrogens (tertiary/aromatic N) is 1. The molecule has 1 saturated carbocycles. The molecule has 1 unspecified atom stereocenters. The highest BCUT2D eigenvalue weighted by atomic mass is 32.2. The SMILES string of the molecule is COc1ccc(C2CCCN2C(=O)c2cc(S(=O)(=O)NC3CC3)ccc2C)c(OC)c1.